The number of urea groups is 1. The minimum absolute atomic E-state index is 0.191. The molecule has 9 nitrogen and oxygen atoms in total. The highest BCUT2D eigenvalue weighted by Gasteiger charge is 2.34. The van der Waals surface area contributed by atoms with Gasteiger partial charge in [-0.25, -0.2) is 4.79 Å². The third-order valence-corrected chi connectivity index (χ3v) is 3.78. The molecular formula is C15H20N6O3. The van der Waals surface area contributed by atoms with E-state index in [1.54, 1.807) is 7.11 Å². The molecule has 0 unspecified atom stereocenters. The summed E-state index contributed by atoms with van der Waals surface area (Å²) in [6, 6.07) is 5.09. The number of rotatable bonds is 4. The minimum Gasteiger partial charge on any atom is -0.497 e. The van der Waals surface area contributed by atoms with Crippen LogP contribution in [0.15, 0.2) is 18.2 Å². The van der Waals surface area contributed by atoms with Gasteiger partial charge in [0.1, 0.15) is 17.1 Å². The van der Waals surface area contributed by atoms with E-state index in [2.05, 4.69) is 31.3 Å². The van der Waals surface area contributed by atoms with E-state index < -0.39 is 0 Å². The number of nitrogens with zero attached hydrogens (tertiary/aromatic N) is 3. The molecule has 128 valence electrons. The normalized spacial score (nSPS) is 18.2. The number of ether oxygens (including phenoxy) is 2. The Morgan fingerprint density at radius 3 is 3.04 bits per heavy atom. The van der Waals surface area contributed by atoms with E-state index in [1.807, 2.05) is 32.0 Å². The number of carbonyl (C=O) groups is 1. The van der Waals surface area contributed by atoms with Crippen LogP contribution in [0.1, 0.15) is 37.7 Å². The van der Waals surface area contributed by atoms with Gasteiger partial charge in [0.25, 0.3) is 0 Å². The first kappa shape index (κ1) is 16.0. The number of benzene rings is 1. The number of aromatic nitrogens is 4. The molecule has 0 aliphatic carbocycles. The molecular weight excluding hydrogens is 312 g/mol. The van der Waals surface area contributed by atoms with E-state index >= 15 is 0 Å². The fourth-order valence-electron chi connectivity index (χ4n) is 2.71. The summed E-state index contributed by atoms with van der Waals surface area (Å²) in [5, 5.41) is 19.0. The van der Waals surface area contributed by atoms with Crippen LogP contribution >= 0.6 is 0 Å². The van der Waals surface area contributed by atoms with Crippen LogP contribution in [0.3, 0.4) is 0 Å². The van der Waals surface area contributed by atoms with Crippen molar-refractivity contribution in [3.05, 3.63) is 29.6 Å². The highest BCUT2D eigenvalue weighted by atomic mass is 16.5. The van der Waals surface area contributed by atoms with Crippen LogP contribution in [-0.4, -0.2) is 39.4 Å². The van der Waals surface area contributed by atoms with Crippen LogP contribution in [0, 0.1) is 0 Å². The molecule has 1 aromatic carbocycles. The van der Waals surface area contributed by atoms with Crippen LogP contribution in [0.25, 0.3) is 0 Å². The number of hydrogen-bond donors (Lipinski definition) is 3. The van der Waals surface area contributed by atoms with Crippen molar-refractivity contribution in [3.63, 3.8) is 0 Å². The molecule has 0 spiro atoms. The van der Waals surface area contributed by atoms with Crippen LogP contribution in [-0.2, 0) is 6.54 Å². The monoisotopic (exact) mass is 332 g/mol. The molecule has 0 radical (unpaired) electrons. The number of H-pyrrole nitrogens is 1. The number of tetrazole rings is 1. The largest absolute Gasteiger partial charge is 0.497 e. The first-order valence-electron chi connectivity index (χ1n) is 7.60. The lowest BCUT2D eigenvalue weighted by Gasteiger charge is -2.38. The van der Waals surface area contributed by atoms with E-state index in [1.165, 1.54) is 0 Å². The molecule has 0 saturated carbocycles. The lowest BCUT2D eigenvalue weighted by molar-refractivity contribution is 0.0677. The summed E-state index contributed by atoms with van der Waals surface area (Å²) in [5.74, 6) is 1.88. The zero-order valence-corrected chi connectivity index (χ0v) is 13.8. The van der Waals surface area contributed by atoms with Gasteiger partial charge in [0.15, 0.2) is 5.82 Å². The molecule has 1 atom stereocenters. The lowest BCUT2D eigenvalue weighted by atomic mass is 9.89. The minimum atomic E-state index is -0.382. The van der Waals surface area contributed by atoms with E-state index in [4.69, 9.17) is 9.47 Å². The molecule has 0 bridgehead atoms. The van der Waals surface area contributed by atoms with Crippen molar-refractivity contribution in [3.8, 4) is 11.5 Å². The lowest BCUT2D eigenvalue weighted by Crippen LogP contribution is -2.44. The summed E-state index contributed by atoms with van der Waals surface area (Å²) in [6.07, 6.45) is 0.642. The van der Waals surface area contributed by atoms with Gasteiger partial charge in [-0.15, -0.1) is 10.2 Å². The standard InChI is InChI=1S/C15H20N6O3/c1-15(2)7-11(10-6-9(23-3)4-5-12(10)24-15)17-14(22)16-8-13-18-20-21-19-13/h4-6,11H,7-8H2,1-3H3,(H2,16,17,22)(H,18,19,20,21)/t11-/m1/s1. The van der Waals surface area contributed by atoms with Gasteiger partial charge >= 0.3 is 6.03 Å². The quantitative estimate of drug-likeness (QED) is 0.778. The average molecular weight is 332 g/mol. The number of amides is 2. The molecule has 0 saturated heterocycles. The summed E-state index contributed by atoms with van der Waals surface area (Å²) in [6.45, 7) is 4.18. The number of hydrogen-bond acceptors (Lipinski definition) is 6. The van der Waals surface area contributed by atoms with Crippen molar-refractivity contribution >= 4 is 6.03 Å². The van der Waals surface area contributed by atoms with Crippen molar-refractivity contribution in [2.24, 2.45) is 0 Å². The smallest absolute Gasteiger partial charge is 0.315 e. The Labute approximate surface area is 139 Å². The molecule has 2 heterocycles. The summed E-state index contributed by atoms with van der Waals surface area (Å²) >= 11 is 0. The summed E-state index contributed by atoms with van der Waals surface area (Å²) in [4.78, 5) is 12.2. The highest BCUT2D eigenvalue weighted by molar-refractivity contribution is 5.74. The van der Waals surface area contributed by atoms with Crippen molar-refractivity contribution in [1.82, 2.24) is 31.3 Å². The molecule has 24 heavy (non-hydrogen) atoms. The Hall–Kier alpha value is -2.84. The summed E-state index contributed by atoms with van der Waals surface area (Å²) in [5.41, 5.74) is 0.510. The third-order valence-electron chi connectivity index (χ3n) is 3.78. The number of fused-ring (bicyclic) bond motifs is 1. The van der Waals surface area contributed by atoms with E-state index in [0.29, 0.717) is 12.2 Å². The molecule has 3 rings (SSSR count). The predicted octanol–water partition coefficient (Wildman–Crippen LogP) is 1.31. The Bertz CT molecular complexity index is 716. The van der Waals surface area contributed by atoms with Crippen LogP contribution in [0.4, 0.5) is 4.79 Å². The topological polar surface area (TPSA) is 114 Å². The van der Waals surface area contributed by atoms with Gasteiger partial charge in [-0.05, 0) is 32.0 Å². The molecule has 2 amide bonds. The molecule has 1 aliphatic heterocycles. The zero-order valence-electron chi connectivity index (χ0n) is 13.8. The predicted molar refractivity (Wildman–Crippen MR) is 84.6 cm³/mol. The highest BCUT2D eigenvalue weighted by Crippen LogP contribution is 2.41. The zero-order chi connectivity index (χ0) is 17.2. The molecule has 0 fully saturated rings. The van der Waals surface area contributed by atoms with Crippen LogP contribution < -0.4 is 20.1 Å². The van der Waals surface area contributed by atoms with Gasteiger partial charge in [0, 0.05) is 12.0 Å². The average Bonchev–Trinajstić information content (AvgIpc) is 3.05. The number of aromatic amines is 1. The second-order valence-corrected chi connectivity index (χ2v) is 6.18. The molecule has 9 heteroatoms. The maximum absolute atomic E-state index is 12.2. The fourth-order valence-corrected chi connectivity index (χ4v) is 2.71. The first-order chi connectivity index (χ1) is 11.5. The number of methoxy groups -OCH3 is 1. The third kappa shape index (κ3) is 3.55. The Kier molecular flexibility index (Phi) is 4.24. The van der Waals surface area contributed by atoms with Gasteiger partial charge in [-0.1, -0.05) is 5.21 Å². The van der Waals surface area contributed by atoms with E-state index in [0.717, 1.165) is 17.1 Å². The summed E-state index contributed by atoms with van der Waals surface area (Å²) in [7, 11) is 1.61. The van der Waals surface area contributed by atoms with Crippen molar-refractivity contribution in [2.45, 2.75) is 38.5 Å². The van der Waals surface area contributed by atoms with Crippen molar-refractivity contribution < 1.29 is 14.3 Å². The Balaban J connectivity index is 1.73. The molecule has 3 N–H and O–H groups in total. The maximum Gasteiger partial charge on any atom is 0.315 e. The fraction of sp³-hybridized carbons (Fsp3) is 0.467. The molecule has 2 aromatic rings. The van der Waals surface area contributed by atoms with Crippen molar-refractivity contribution in [1.29, 1.82) is 0 Å². The first-order valence-corrected chi connectivity index (χ1v) is 7.60. The number of carbonyl (C=O) groups excluding carboxylic acids is 1. The van der Waals surface area contributed by atoms with Gasteiger partial charge in [0.05, 0.1) is 19.7 Å². The van der Waals surface area contributed by atoms with Gasteiger partial charge in [0.2, 0.25) is 0 Å². The van der Waals surface area contributed by atoms with Gasteiger partial charge < -0.3 is 20.1 Å². The molecule has 1 aliphatic rings. The Morgan fingerprint density at radius 1 is 1.50 bits per heavy atom. The second kappa shape index (κ2) is 6.34. The number of nitrogens with one attached hydrogen (secondary N) is 3. The van der Waals surface area contributed by atoms with Crippen LogP contribution in [0.2, 0.25) is 0 Å². The van der Waals surface area contributed by atoms with Gasteiger partial charge in [-0.3, -0.25) is 0 Å². The van der Waals surface area contributed by atoms with E-state index in [9.17, 15) is 4.79 Å². The summed E-state index contributed by atoms with van der Waals surface area (Å²) < 4.78 is 11.3. The maximum atomic E-state index is 12.2. The van der Waals surface area contributed by atoms with Crippen molar-refractivity contribution in [2.75, 3.05) is 7.11 Å². The van der Waals surface area contributed by atoms with Gasteiger partial charge in [-0.2, -0.15) is 5.21 Å². The van der Waals surface area contributed by atoms with E-state index in [-0.39, 0.29) is 24.2 Å². The second-order valence-electron chi connectivity index (χ2n) is 6.18. The van der Waals surface area contributed by atoms with Crippen LogP contribution in [0.5, 0.6) is 11.5 Å². The Morgan fingerprint density at radius 2 is 2.33 bits per heavy atom. The molecule has 1 aromatic heterocycles. The SMILES string of the molecule is COc1ccc2c(c1)[C@H](NC(=O)NCc1nn[nH]n1)CC(C)(C)O2.